The first kappa shape index (κ1) is 22.0. The summed E-state index contributed by atoms with van der Waals surface area (Å²) < 4.78 is 10.4. The molecule has 0 aromatic heterocycles. The van der Waals surface area contributed by atoms with E-state index >= 15 is 0 Å². The molecule has 0 aliphatic carbocycles. The molecule has 2 amide bonds. The van der Waals surface area contributed by atoms with Crippen LogP contribution in [-0.2, 0) is 16.0 Å². The molecule has 1 aliphatic heterocycles. The highest BCUT2D eigenvalue weighted by atomic mass is 16.5. The number of Topliss-reactive ketones (excluding diaryl/α,β-unsaturated/α-hetero) is 1. The summed E-state index contributed by atoms with van der Waals surface area (Å²) in [6.07, 6.45) is 0.0713. The number of benzene rings is 3. The van der Waals surface area contributed by atoms with E-state index in [4.69, 9.17) is 9.47 Å². The van der Waals surface area contributed by atoms with E-state index in [9.17, 15) is 19.2 Å². The Kier molecular flexibility index (Phi) is 6.31. The van der Waals surface area contributed by atoms with Gasteiger partial charge in [0.15, 0.2) is 12.4 Å². The highest BCUT2D eigenvalue weighted by Crippen LogP contribution is 2.26. The van der Waals surface area contributed by atoms with E-state index in [0.29, 0.717) is 11.3 Å². The van der Waals surface area contributed by atoms with Crippen LogP contribution in [0.25, 0.3) is 0 Å². The topological polar surface area (TPSA) is 90.0 Å². The normalized spacial score (nSPS) is 13.4. The lowest BCUT2D eigenvalue weighted by Gasteiger charge is -2.24. The Bertz CT molecular complexity index is 1170. The van der Waals surface area contributed by atoms with E-state index in [0.717, 1.165) is 10.5 Å². The van der Waals surface area contributed by atoms with Crippen molar-refractivity contribution in [3.8, 4) is 5.75 Å². The summed E-state index contributed by atoms with van der Waals surface area (Å²) in [5.41, 5.74) is 1.58. The van der Waals surface area contributed by atoms with E-state index in [-0.39, 0.29) is 17.5 Å². The van der Waals surface area contributed by atoms with E-state index < -0.39 is 36.2 Å². The lowest BCUT2D eigenvalue weighted by molar-refractivity contribution is -0.147. The molecule has 0 N–H and O–H groups in total. The Morgan fingerprint density at radius 3 is 1.97 bits per heavy atom. The molecular weight excluding hydrogens is 422 g/mol. The monoisotopic (exact) mass is 443 g/mol. The molecule has 1 atom stereocenters. The smallest absolute Gasteiger partial charge is 0.330 e. The van der Waals surface area contributed by atoms with Gasteiger partial charge in [0.25, 0.3) is 11.8 Å². The Hall–Kier alpha value is -4.26. The molecule has 4 rings (SSSR count). The van der Waals surface area contributed by atoms with Crippen LogP contribution in [0, 0.1) is 0 Å². The zero-order valence-corrected chi connectivity index (χ0v) is 17.9. The molecule has 33 heavy (non-hydrogen) atoms. The van der Waals surface area contributed by atoms with Gasteiger partial charge in [-0.1, -0.05) is 42.5 Å². The third-order valence-electron chi connectivity index (χ3n) is 5.44. The molecular formula is C26H21NO6. The number of imide groups is 1. The van der Waals surface area contributed by atoms with E-state index in [1.807, 2.05) is 6.07 Å². The number of fused-ring (bicyclic) bond motifs is 1. The first-order valence-corrected chi connectivity index (χ1v) is 10.3. The number of nitrogens with zero attached hydrogens (tertiary/aromatic N) is 1. The summed E-state index contributed by atoms with van der Waals surface area (Å²) in [5.74, 6) is -1.76. The Labute approximate surface area is 190 Å². The molecule has 7 heteroatoms. The molecule has 0 bridgehead atoms. The van der Waals surface area contributed by atoms with Crippen LogP contribution in [0.5, 0.6) is 5.75 Å². The van der Waals surface area contributed by atoms with E-state index in [1.165, 1.54) is 7.11 Å². The van der Waals surface area contributed by atoms with Crippen molar-refractivity contribution < 1.29 is 28.7 Å². The quantitative estimate of drug-likeness (QED) is 0.301. The summed E-state index contributed by atoms with van der Waals surface area (Å²) in [5, 5.41) is 0. The van der Waals surface area contributed by atoms with Crippen LogP contribution in [0.2, 0.25) is 0 Å². The summed E-state index contributed by atoms with van der Waals surface area (Å²) >= 11 is 0. The van der Waals surface area contributed by atoms with Crippen molar-refractivity contribution in [2.45, 2.75) is 12.5 Å². The number of ether oxygens (including phenoxy) is 2. The first-order chi connectivity index (χ1) is 16.0. The summed E-state index contributed by atoms with van der Waals surface area (Å²) in [4.78, 5) is 52.5. The molecule has 166 valence electrons. The Morgan fingerprint density at radius 2 is 1.39 bits per heavy atom. The van der Waals surface area contributed by atoms with Gasteiger partial charge in [-0.3, -0.25) is 19.3 Å². The average Bonchev–Trinajstić information content (AvgIpc) is 3.11. The summed E-state index contributed by atoms with van der Waals surface area (Å²) in [6, 6.07) is 20.6. The van der Waals surface area contributed by atoms with Gasteiger partial charge in [-0.2, -0.15) is 0 Å². The molecule has 0 saturated heterocycles. The van der Waals surface area contributed by atoms with Gasteiger partial charge in [0, 0.05) is 12.0 Å². The van der Waals surface area contributed by atoms with E-state index in [2.05, 4.69) is 0 Å². The number of hydrogen-bond acceptors (Lipinski definition) is 6. The van der Waals surface area contributed by atoms with Gasteiger partial charge < -0.3 is 9.47 Å². The number of amides is 2. The zero-order chi connectivity index (χ0) is 23.4. The molecule has 1 heterocycles. The third-order valence-corrected chi connectivity index (χ3v) is 5.44. The van der Waals surface area contributed by atoms with Crippen LogP contribution in [0.1, 0.15) is 36.6 Å². The molecule has 0 radical (unpaired) electrons. The number of ketones is 1. The zero-order valence-electron chi connectivity index (χ0n) is 17.9. The highest BCUT2D eigenvalue weighted by molar-refractivity contribution is 6.22. The van der Waals surface area contributed by atoms with Crippen molar-refractivity contribution in [1.29, 1.82) is 0 Å². The van der Waals surface area contributed by atoms with Crippen molar-refractivity contribution in [2.24, 2.45) is 0 Å². The molecule has 1 aliphatic rings. The van der Waals surface area contributed by atoms with Crippen LogP contribution >= 0.6 is 0 Å². The molecule has 7 nitrogen and oxygen atoms in total. The summed E-state index contributed by atoms with van der Waals surface area (Å²) in [6.45, 7) is -0.514. The SMILES string of the molecule is COc1ccc(C(=O)COC(=O)[C@H](Cc2ccccc2)N2C(=O)c3ccccc3C2=O)cc1. The average molecular weight is 443 g/mol. The van der Waals surface area contributed by atoms with Gasteiger partial charge in [0.05, 0.1) is 18.2 Å². The van der Waals surface area contributed by atoms with Gasteiger partial charge >= 0.3 is 5.97 Å². The minimum Gasteiger partial charge on any atom is -0.497 e. The third kappa shape index (κ3) is 4.52. The standard InChI is InChI=1S/C26H21NO6/c1-32-19-13-11-18(12-14-19)23(28)16-33-26(31)22(15-17-7-3-2-4-8-17)27-24(29)20-9-5-6-10-21(20)25(27)30/h2-14,22H,15-16H2,1H3/t22-/m0/s1. The number of rotatable bonds is 8. The fourth-order valence-corrected chi connectivity index (χ4v) is 3.70. The Morgan fingerprint density at radius 1 is 0.818 bits per heavy atom. The van der Waals surface area contributed by atoms with Crippen LogP contribution in [0.15, 0.2) is 78.9 Å². The summed E-state index contributed by atoms with van der Waals surface area (Å²) in [7, 11) is 1.52. The molecule has 3 aromatic carbocycles. The van der Waals surface area contributed by atoms with E-state index in [1.54, 1.807) is 72.8 Å². The maximum atomic E-state index is 13.1. The first-order valence-electron chi connectivity index (χ1n) is 10.3. The van der Waals surface area contributed by atoms with Crippen molar-refractivity contribution in [2.75, 3.05) is 13.7 Å². The van der Waals surface area contributed by atoms with Gasteiger partial charge in [-0.05, 0) is 42.0 Å². The fourth-order valence-electron chi connectivity index (χ4n) is 3.70. The number of esters is 1. The predicted octanol–water partition coefficient (Wildman–Crippen LogP) is 3.33. The number of hydrogen-bond donors (Lipinski definition) is 0. The van der Waals surface area contributed by atoms with Gasteiger partial charge in [-0.15, -0.1) is 0 Å². The van der Waals surface area contributed by atoms with Gasteiger partial charge in [-0.25, -0.2) is 4.79 Å². The van der Waals surface area contributed by atoms with Crippen molar-refractivity contribution >= 4 is 23.6 Å². The predicted molar refractivity (Wildman–Crippen MR) is 119 cm³/mol. The number of carbonyl (C=O) groups excluding carboxylic acids is 4. The fraction of sp³-hybridized carbons (Fsp3) is 0.154. The van der Waals surface area contributed by atoms with Crippen LogP contribution < -0.4 is 4.74 Å². The largest absolute Gasteiger partial charge is 0.497 e. The number of carbonyl (C=O) groups is 4. The molecule has 3 aromatic rings. The molecule has 0 saturated carbocycles. The maximum absolute atomic E-state index is 13.1. The second-order valence-electron chi connectivity index (χ2n) is 7.49. The van der Waals surface area contributed by atoms with Crippen LogP contribution in [-0.4, -0.2) is 48.2 Å². The minimum atomic E-state index is -1.21. The van der Waals surface area contributed by atoms with Gasteiger partial charge in [0.1, 0.15) is 11.8 Å². The highest BCUT2D eigenvalue weighted by Gasteiger charge is 2.43. The van der Waals surface area contributed by atoms with Crippen LogP contribution in [0.4, 0.5) is 0 Å². The molecule has 0 spiro atoms. The van der Waals surface area contributed by atoms with Crippen molar-refractivity contribution in [1.82, 2.24) is 4.90 Å². The lowest BCUT2D eigenvalue weighted by Crippen LogP contribution is -2.47. The van der Waals surface area contributed by atoms with Gasteiger partial charge in [0.2, 0.25) is 0 Å². The second kappa shape index (κ2) is 9.48. The maximum Gasteiger partial charge on any atom is 0.330 e. The van der Waals surface area contributed by atoms with Crippen LogP contribution in [0.3, 0.4) is 0 Å². The van der Waals surface area contributed by atoms with Crippen molar-refractivity contribution in [3.05, 3.63) is 101 Å². The molecule has 0 unspecified atom stereocenters. The van der Waals surface area contributed by atoms with Crippen molar-refractivity contribution in [3.63, 3.8) is 0 Å². The second-order valence-corrected chi connectivity index (χ2v) is 7.49. The Balaban J connectivity index is 1.54. The molecule has 0 fully saturated rings. The lowest BCUT2D eigenvalue weighted by atomic mass is 10.0. The minimum absolute atomic E-state index is 0.0713. The number of methoxy groups -OCH3 is 1.